The van der Waals surface area contributed by atoms with Crippen LogP contribution >= 0.6 is 0 Å². The monoisotopic (exact) mass is 331 g/mol. The molecule has 2 aromatic carbocycles. The minimum atomic E-state index is -0.952. The van der Waals surface area contributed by atoms with E-state index in [4.69, 9.17) is 0 Å². The van der Waals surface area contributed by atoms with Crippen molar-refractivity contribution in [3.05, 3.63) is 83.3 Å². The van der Waals surface area contributed by atoms with E-state index >= 15 is 0 Å². The Morgan fingerprint density at radius 3 is 2.46 bits per heavy atom. The van der Waals surface area contributed by atoms with E-state index in [0.29, 0.717) is 12.1 Å². The van der Waals surface area contributed by atoms with Gasteiger partial charge >= 0.3 is 0 Å². The van der Waals surface area contributed by atoms with E-state index < -0.39 is 23.1 Å². The highest BCUT2D eigenvalue weighted by Gasteiger charge is 2.17. The molecule has 0 saturated heterocycles. The van der Waals surface area contributed by atoms with Crippen LogP contribution in [-0.4, -0.2) is 15.7 Å². The normalized spacial score (nSPS) is 10.6. The zero-order valence-corrected chi connectivity index (χ0v) is 12.3. The number of benzene rings is 2. The molecule has 0 atom stereocenters. The maximum Gasteiger partial charge on any atom is 0.262 e. The van der Waals surface area contributed by atoms with E-state index in [1.54, 1.807) is 18.3 Å². The molecule has 0 unspecified atom stereocenters. The van der Waals surface area contributed by atoms with Gasteiger partial charge in [-0.1, -0.05) is 18.2 Å². The van der Waals surface area contributed by atoms with Gasteiger partial charge in [0.2, 0.25) is 0 Å². The number of hydrogen-bond donors (Lipinski definition) is 1. The predicted octanol–water partition coefficient (Wildman–Crippen LogP) is 3.60. The fourth-order valence-corrected chi connectivity index (χ4v) is 2.23. The Balaban J connectivity index is 1.73. The first-order valence-electron chi connectivity index (χ1n) is 7.06. The second-order valence-corrected chi connectivity index (χ2v) is 5.08. The largest absolute Gasteiger partial charge is 0.305 e. The van der Waals surface area contributed by atoms with Crippen LogP contribution < -0.4 is 5.32 Å². The van der Waals surface area contributed by atoms with Crippen molar-refractivity contribution in [3.8, 4) is 0 Å². The number of amides is 1. The third-order valence-corrected chi connectivity index (χ3v) is 3.31. The lowest BCUT2D eigenvalue weighted by molar-refractivity contribution is 0.101. The number of halogens is 3. The molecular weight excluding hydrogens is 319 g/mol. The lowest BCUT2D eigenvalue weighted by atomic mass is 10.2. The van der Waals surface area contributed by atoms with E-state index in [0.717, 1.165) is 12.1 Å². The maximum atomic E-state index is 13.6. The van der Waals surface area contributed by atoms with Gasteiger partial charge in [0, 0.05) is 12.3 Å². The van der Waals surface area contributed by atoms with Crippen LogP contribution in [-0.2, 0) is 6.54 Å². The summed E-state index contributed by atoms with van der Waals surface area (Å²) in [7, 11) is 0. The van der Waals surface area contributed by atoms with Crippen LogP contribution in [0.4, 0.5) is 19.0 Å². The molecule has 7 heteroatoms. The van der Waals surface area contributed by atoms with E-state index in [9.17, 15) is 18.0 Å². The molecule has 0 aliphatic carbocycles. The van der Waals surface area contributed by atoms with E-state index in [-0.39, 0.29) is 11.6 Å². The Morgan fingerprint density at radius 1 is 1.04 bits per heavy atom. The fourth-order valence-electron chi connectivity index (χ4n) is 2.23. The molecule has 1 aromatic heterocycles. The van der Waals surface area contributed by atoms with Gasteiger partial charge in [0.15, 0.2) is 5.82 Å². The summed E-state index contributed by atoms with van der Waals surface area (Å²) < 4.78 is 41.8. The number of carbonyl (C=O) groups excluding carboxylic acids is 1. The molecule has 4 nitrogen and oxygen atoms in total. The lowest BCUT2D eigenvalue weighted by Gasteiger charge is -2.05. The topological polar surface area (TPSA) is 46.9 Å². The summed E-state index contributed by atoms with van der Waals surface area (Å²) in [5, 5.41) is 6.41. The minimum Gasteiger partial charge on any atom is -0.305 e. The molecule has 3 rings (SSSR count). The number of carbonyl (C=O) groups is 1. The smallest absolute Gasteiger partial charge is 0.262 e. The van der Waals surface area contributed by atoms with Gasteiger partial charge in [0.1, 0.15) is 23.0 Å². The van der Waals surface area contributed by atoms with Crippen molar-refractivity contribution in [1.29, 1.82) is 0 Å². The predicted molar refractivity (Wildman–Crippen MR) is 82.0 cm³/mol. The van der Waals surface area contributed by atoms with Crippen LogP contribution in [0.3, 0.4) is 0 Å². The van der Waals surface area contributed by atoms with Gasteiger partial charge < -0.3 is 5.32 Å². The molecule has 0 spiro atoms. The SMILES string of the molecule is O=C(Nc1ccn(Cc2cccc(F)c2)n1)c1c(F)cccc1F. The number of anilines is 1. The van der Waals surface area contributed by atoms with Gasteiger partial charge in [-0.15, -0.1) is 0 Å². The van der Waals surface area contributed by atoms with Gasteiger partial charge in [-0.2, -0.15) is 5.10 Å². The standard InChI is InChI=1S/C17H12F3N3O/c18-12-4-1-3-11(9-12)10-23-8-7-15(22-23)21-17(24)16-13(19)5-2-6-14(16)20/h1-9H,10H2,(H,21,22,24). The molecule has 0 fully saturated rings. The van der Waals surface area contributed by atoms with Gasteiger partial charge in [-0.25, -0.2) is 13.2 Å². The van der Waals surface area contributed by atoms with Gasteiger partial charge in [-0.3, -0.25) is 9.48 Å². The Bertz CT molecular complexity index is 872. The van der Waals surface area contributed by atoms with Gasteiger partial charge in [0.05, 0.1) is 6.54 Å². The first kappa shape index (κ1) is 15.8. The van der Waals surface area contributed by atoms with E-state index in [2.05, 4.69) is 10.4 Å². The Kier molecular flexibility index (Phi) is 4.33. The second kappa shape index (κ2) is 6.57. The summed E-state index contributed by atoms with van der Waals surface area (Å²) in [6.45, 7) is 0.293. The number of rotatable bonds is 4. The molecule has 0 bridgehead atoms. The number of aromatic nitrogens is 2. The zero-order chi connectivity index (χ0) is 17.1. The molecule has 0 radical (unpaired) electrons. The molecule has 3 aromatic rings. The highest BCUT2D eigenvalue weighted by atomic mass is 19.1. The van der Waals surface area contributed by atoms with Crippen molar-refractivity contribution >= 4 is 11.7 Å². The van der Waals surface area contributed by atoms with Crippen LogP contribution in [0, 0.1) is 17.5 Å². The first-order chi connectivity index (χ1) is 11.5. The quantitative estimate of drug-likeness (QED) is 0.794. The first-order valence-corrected chi connectivity index (χ1v) is 7.06. The Morgan fingerprint density at radius 2 is 1.75 bits per heavy atom. The van der Waals surface area contributed by atoms with Gasteiger partial charge in [0.25, 0.3) is 5.91 Å². The molecular formula is C17H12F3N3O. The minimum absolute atomic E-state index is 0.138. The molecule has 0 aliphatic heterocycles. The summed E-state index contributed by atoms with van der Waals surface area (Å²) >= 11 is 0. The zero-order valence-electron chi connectivity index (χ0n) is 12.3. The lowest BCUT2D eigenvalue weighted by Crippen LogP contribution is -2.16. The molecule has 122 valence electrons. The average molecular weight is 331 g/mol. The summed E-state index contributed by atoms with van der Waals surface area (Å²) in [6, 6.07) is 10.7. The molecule has 1 N–H and O–H groups in total. The van der Waals surface area contributed by atoms with Crippen LogP contribution in [0.5, 0.6) is 0 Å². The third-order valence-electron chi connectivity index (χ3n) is 3.31. The number of hydrogen-bond acceptors (Lipinski definition) is 2. The molecule has 24 heavy (non-hydrogen) atoms. The molecule has 1 amide bonds. The fraction of sp³-hybridized carbons (Fsp3) is 0.0588. The van der Waals surface area contributed by atoms with Crippen LogP contribution in [0.1, 0.15) is 15.9 Å². The average Bonchev–Trinajstić information content (AvgIpc) is 2.94. The van der Waals surface area contributed by atoms with Crippen LogP contribution in [0.2, 0.25) is 0 Å². The number of nitrogens with one attached hydrogen (secondary N) is 1. The second-order valence-electron chi connectivity index (χ2n) is 5.08. The Hall–Kier alpha value is -3.09. The maximum absolute atomic E-state index is 13.6. The molecule has 0 saturated carbocycles. The van der Waals surface area contributed by atoms with Crippen molar-refractivity contribution in [3.63, 3.8) is 0 Å². The van der Waals surface area contributed by atoms with Crippen LogP contribution in [0.25, 0.3) is 0 Å². The third kappa shape index (κ3) is 3.45. The van der Waals surface area contributed by atoms with Crippen molar-refractivity contribution in [2.24, 2.45) is 0 Å². The van der Waals surface area contributed by atoms with E-state index in [1.807, 2.05) is 0 Å². The van der Waals surface area contributed by atoms with Crippen molar-refractivity contribution in [2.45, 2.75) is 6.54 Å². The summed E-state index contributed by atoms with van der Waals surface area (Å²) in [6.07, 6.45) is 1.57. The molecule has 0 aliphatic rings. The van der Waals surface area contributed by atoms with Crippen molar-refractivity contribution in [2.75, 3.05) is 5.32 Å². The van der Waals surface area contributed by atoms with Crippen LogP contribution in [0.15, 0.2) is 54.7 Å². The number of nitrogens with zero attached hydrogens (tertiary/aromatic N) is 2. The highest BCUT2D eigenvalue weighted by Crippen LogP contribution is 2.15. The van der Waals surface area contributed by atoms with Crippen molar-refractivity contribution < 1.29 is 18.0 Å². The van der Waals surface area contributed by atoms with E-state index in [1.165, 1.54) is 28.9 Å². The Labute approximate surface area is 135 Å². The summed E-state index contributed by atoms with van der Waals surface area (Å²) in [4.78, 5) is 12.0. The van der Waals surface area contributed by atoms with Crippen molar-refractivity contribution in [1.82, 2.24) is 9.78 Å². The van der Waals surface area contributed by atoms with Gasteiger partial charge in [-0.05, 0) is 29.8 Å². The highest BCUT2D eigenvalue weighted by molar-refractivity contribution is 6.04. The summed E-state index contributed by atoms with van der Waals surface area (Å²) in [5.74, 6) is -3.05. The summed E-state index contributed by atoms with van der Waals surface area (Å²) in [5.41, 5.74) is 0.0216. The molecule has 1 heterocycles.